The molecular formula is C14H19N3O. The van der Waals surface area contributed by atoms with Gasteiger partial charge in [0.25, 0.3) is 0 Å². The van der Waals surface area contributed by atoms with Crippen LogP contribution in [0.2, 0.25) is 0 Å². The second-order valence-electron chi connectivity index (χ2n) is 5.21. The summed E-state index contributed by atoms with van der Waals surface area (Å²) in [6, 6.07) is 6.13. The van der Waals surface area contributed by atoms with E-state index in [1.54, 1.807) is 4.68 Å². The van der Waals surface area contributed by atoms with Crippen LogP contribution in [0.3, 0.4) is 0 Å². The molecule has 2 aromatic rings. The Balaban J connectivity index is 2.29. The van der Waals surface area contributed by atoms with Crippen molar-refractivity contribution in [3.05, 3.63) is 46.8 Å². The maximum absolute atomic E-state index is 10.6. The van der Waals surface area contributed by atoms with E-state index >= 15 is 0 Å². The van der Waals surface area contributed by atoms with Crippen LogP contribution in [-0.4, -0.2) is 20.1 Å². The molecule has 0 aliphatic heterocycles. The molecule has 0 radical (unpaired) electrons. The maximum Gasteiger partial charge on any atom is 0.0925 e. The number of aromatic nitrogens is 3. The first-order valence-electron chi connectivity index (χ1n) is 6.03. The fourth-order valence-electron chi connectivity index (χ4n) is 2.22. The van der Waals surface area contributed by atoms with Crippen molar-refractivity contribution in [2.75, 3.05) is 0 Å². The lowest BCUT2D eigenvalue weighted by atomic mass is 9.89. The summed E-state index contributed by atoms with van der Waals surface area (Å²) in [7, 11) is 1.82. The van der Waals surface area contributed by atoms with Gasteiger partial charge < -0.3 is 5.11 Å². The Morgan fingerprint density at radius 1 is 1.22 bits per heavy atom. The van der Waals surface area contributed by atoms with Crippen LogP contribution in [-0.2, 0) is 19.1 Å². The molecule has 1 aromatic heterocycles. The lowest BCUT2D eigenvalue weighted by Crippen LogP contribution is -2.24. The summed E-state index contributed by atoms with van der Waals surface area (Å²) in [4.78, 5) is 0. The Morgan fingerprint density at radius 2 is 1.83 bits per heavy atom. The molecule has 0 amide bonds. The zero-order valence-electron chi connectivity index (χ0n) is 11.3. The molecule has 0 aliphatic carbocycles. The zero-order chi connectivity index (χ0) is 13.3. The summed E-state index contributed by atoms with van der Waals surface area (Å²) in [5.41, 5.74) is 3.11. The van der Waals surface area contributed by atoms with E-state index in [1.807, 2.05) is 46.1 Å². The van der Waals surface area contributed by atoms with Gasteiger partial charge in [0, 0.05) is 19.7 Å². The Morgan fingerprint density at radius 3 is 2.33 bits per heavy atom. The predicted octanol–water partition coefficient (Wildman–Crippen LogP) is 1.88. The minimum atomic E-state index is -0.924. The average Bonchev–Trinajstić information content (AvgIpc) is 2.61. The highest BCUT2D eigenvalue weighted by molar-refractivity contribution is 5.32. The highest BCUT2D eigenvalue weighted by Crippen LogP contribution is 2.26. The fourth-order valence-corrected chi connectivity index (χ4v) is 2.22. The molecule has 0 fully saturated rings. The van der Waals surface area contributed by atoms with Gasteiger partial charge in [0.05, 0.1) is 11.3 Å². The van der Waals surface area contributed by atoms with Gasteiger partial charge in [-0.1, -0.05) is 34.5 Å². The van der Waals surface area contributed by atoms with Crippen molar-refractivity contribution < 1.29 is 5.11 Å². The van der Waals surface area contributed by atoms with Crippen molar-refractivity contribution >= 4 is 0 Å². The van der Waals surface area contributed by atoms with Gasteiger partial charge in [0.2, 0.25) is 0 Å². The third kappa shape index (κ3) is 2.76. The summed E-state index contributed by atoms with van der Waals surface area (Å²) < 4.78 is 1.65. The quantitative estimate of drug-likeness (QED) is 0.898. The van der Waals surface area contributed by atoms with E-state index in [2.05, 4.69) is 16.4 Å². The van der Waals surface area contributed by atoms with Crippen molar-refractivity contribution in [2.24, 2.45) is 7.05 Å². The minimum Gasteiger partial charge on any atom is -0.385 e. The number of nitrogens with zero attached hydrogens (tertiary/aromatic N) is 3. The summed E-state index contributed by atoms with van der Waals surface area (Å²) in [6.07, 6.45) is 2.29. The summed E-state index contributed by atoms with van der Waals surface area (Å²) in [5.74, 6) is 0. The molecule has 18 heavy (non-hydrogen) atoms. The van der Waals surface area contributed by atoms with Gasteiger partial charge in [0.1, 0.15) is 0 Å². The van der Waals surface area contributed by atoms with E-state index < -0.39 is 5.60 Å². The Bertz CT molecular complexity index is 538. The first kappa shape index (κ1) is 12.8. The summed E-state index contributed by atoms with van der Waals surface area (Å²) in [5, 5.41) is 18.5. The highest BCUT2D eigenvalue weighted by atomic mass is 16.3. The molecule has 0 aliphatic rings. The minimum absolute atomic E-state index is 0.462. The zero-order valence-corrected chi connectivity index (χ0v) is 11.3. The smallest absolute Gasteiger partial charge is 0.0925 e. The van der Waals surface area contributed by atoms with Crippen molar-refractivity contribution in [3.63, 3.8) is 0 Å². The van der Waals surface area contributed by atoms with Crippen molar-refractivity contribution in [1.82, 2.24) is 15.0 Å². The number of rotatable bonds is 3. The van der Waals surface area contributed by atoms with Gasteiger partial charge >= 0.3 is 0 Å². The number of hydrogen-bond donors (Lipinski definition) is 1. The second-order valence-corrected chi connectivity index (χ2v) is 5.21. The van der Waals surface area contributed by atoms with Crippen LogP contribution < -0.4 is 0 Å². The molecular weight excluding hydrogens is 226 g/mol. The Labute approximate surface area is 107 Å². The molecule has 0 saturated carbocycles. The lowest BCUT2D eigenvalue weighted by Gasteiger charge is -2.23. The van der Waals surface area contributed by atoms with E-state index in [1.165, 1.54) is 0 Å². The SMILES string of the molecule is Cc1cc(C)cc(C(C)(O)Cc2cn(C)nn2)c1. The third-order valence-corrected chi connectivity index (χ3v) is 3.02. The van der Waals surface area contributed by atoms with Gasteiger partial charge in [-0.05, 0) is 26.3 Å². The van der Waals surface area contributed by atoms with Crippen molar-refractivity contribution in [3.8, 4) is 0 Å². The summed E-state index contributed by atoms with van der Waals surface area (Å²) in [6.45, 7) is 5.89. The van der Waals surface area contributed by atoms with E-state index in [-0.39, 0.29) is 0 Å². The highest BCUT2D eigenvalue weighted by Gasteiger charge is 2.25. The van der Waals surface area contributed by atoms with Crippen LogP contribution in [0.4, 0.5) is 0 Å². The van der Waals surface area contributed by atoms with Gasteiger partial charge in [-0.2, -0.15) is 0 Å². The van der Waals surface area contributed by atoms with Crippen LogP contribution in [0.15, 0.2) is 24.4 Å². The molecule has 2 rings (SSSR count). The van der Waals surface area contributed by atoms with Crippen LogP contribution in [0.1, 0.15) is 29.3 Å². The van der Waals surface area contributed by atoms with Crippen molar-refractivity contribution in [1.29, 1.82) is 0 Å². The molecule has 0 saturated heterocycles. The molecule has 1 N–H and O–H groups in total. The summed E-state index contributed by atoms with van der Waals surface area (Å²) >= 11 is 0. The lowest BCUT2D eigenvalue weighted by molar-refractivity contribution is 0.0564. The Hall–Kier alpha value is -1.68. The molecule has 4 nitrogen and oxygen atoms in total. The third-order valence-electron chi connectivity index (χ3n) is 3.02. The number of aliphatic hydroxyl groups is 1. The van der Waals surface area contributed by atoms with Crippen LogP contribution in [0.25, 0.3) is 0 Å². The normalized spacial score (nSPS) is 14.5. The second kappa shape index (κ2) is 4.53. The monoisotopic (exact) mass is 245 g/mol. The van der Waals surface area contributed by atoms with Crippen LogP contribution >= 0.6 is 0 Å². The van der Waals surface area contributed by atoms with Gasteiger partial charge in [-0.3, -0.25) is 4.68 Å². The maximum atomic E-state index is 10.6. The van der Waals surface area contributed by atoms with Gasteiger partial charge in [-0.15, -0.1) is 5.10 Å². The first-order valence-corrected chi connectivity index (χ1v) is 6.03. The number of hydrogen-bond acceptors (Lipinski definition) is 3. The topological polar surface area (TPSA) is 50.9 Å². The molecule has 96 valence electrons. The van der Waals surface area contributed by atoms with E-state index in [0.717, 1.165) is 22.4 Å². The van der Waals surface area contributed by atoms with Gasteiger partial charge in [-0.25, -0.2) is 0 Å². The van der Waals surface area contributed by atoms with Crippen molar-refractivity contribution in [2.45, 2.75) is 32.8 Å². The first-order chi connectivity index (χ1) is 8.37. The fraction of sp³-hybridized carbons (Fsp3) is 0.429. The van der Waals surface area contributed by atoms with E-state index in [4.69, 9.17) is 0 Å². The molecule has 1 aromatic carbocycles. The molecule has 0 bridgehead atoms. The number of aryl methyl sites for hydroxylation is 3. The van der Waals surface area contributed by atoms with Crippen LogP contribution in [0.5, 0.6) is 0 Å². The van der Waals surface area contributed by atoms with Gasteiger partial charge in [0.15, 0.2) is 0 Å². The predicted molar refractivity (Wildman–Crippen MR) is 70.2 cm³/mol. The number of benzene rings is 1. The molecule has 0 spiro atoms. The largest absolute Gasteiger partial charge is 0.385 e. The molecule has 1 atom stereocenters. The standard InChI is InChI=1S/C14H19N3O/c1-10-5-11(2)7-12(6-10)14(3,18)8-13-9-17(4)16-15-13/h5-7,9,18H,8H2,1-4H3. The van der Waals surface area contributed by atoms with E-state index in [9.17, 15) is 5.11 Å². The molecule has 4 heteroatoms. The molecule has 1 unspecified atom stereocenters. The Kier molecular flexibility index (Phi) is 3.22. The van der Waals surface area contributed by atoms with E-state index in [0.29, 0.717) is 6.42 Å². The average molecular weight is 245 g/mol. The molecule has 1 heterocycles. The van der Waals surface area contributed by atoms with Crippen LogP contribution in [0, 0.1) is 13.8 Å².